The van der Waals surface area contributed by atoms with Crippen LogP contribution in [-0.4, -0.2) is 67.3 Å². The molecular formula is C23H37ClN4O3S. The number of nitrogens with zero attached hydrogens (tertiary/aromatic N) is 4. The first-order chi connectivity index (χ1) is 15.3. The van der Waals surface area contributed by atoms with Crippen molar-refractivity contribution in [2.45, 2.75) is 57.6 Å². The first-order valence-electron chi connectivity index (χ1n) is 12.1. The monoisotopic (exact) mass is 484 g/mol. The summed E-state index contributed by atoms with van der Waals surface area (Å²) >= 11 is 5.89. The fraction of sp³-hybridized carbons (Fsp3) is 0.826. The molecule has 3 aliphatic rings. The molecule has 0 unspecified atom stereocenters. The van der Waals surface area contributed by atoms with Crippen LogP contribution in [0.25, 0.3) is 0 Å². The van der Waals surface area contributed by atoms with E-state index in [0.29, 0.717) is 24.0 Å². The van der Waals surface area contributed by atoms with Crippen LogP contribution in [0.4, 0.5) is 5.95 Å². The Morgan fingerprint density at radius 2 is 1.75 bits per heavy atom. The van der Waals surface area contributed by atoms with Gasteiger partial charge in [0.25, 0.3) is 0 Å². The van der Waals surface area contributed by atoms with E-state index in [0.717, 1.165) is 69.3 Å². The van der Waals surface area contributed by atoms with Gasteiger partial charge < -0.3 is 9.64 Å². The largest absolute Gasteiger partial charge is 0.381 e. The second-order valence-electron chi connectivity index (χ2n) is 9.99. The minimum atomic E-state index is -3.11. The third kappa shape index (κ3) is 5.93. The maximum absolute atomic E-state index is 12.3. The Bertz CT molecular complexity index is 835. The minimum absolute atomic E-state index is 0.334. The maximum Gasteiger partial charge on any atom is 0.225 e. The van der Waals surface area contributed by atoms with Gasteiger partial charge in [-0.05, 0) is 76.0 Å². The van der Waals surface area contributed by atoms with Crippen LogP contribution in [0.3, 0.4) is 0 Å². The highest BCUT2D eigenvalue weighted by atomic mass is 35.5. The molecule has 3 fully saturated rings. The van der Waals surface area contributed by atoms with Gasteiger partial charge in [0, 0.05) is 39.4 Å². The fourth-order valence-corrected chi connectivity index (χ4v) is 6.70. The summed E-state index contributed by atoms with van der Waals surface area (Å²) in [6.45, 7) is 8.45. The van der Waals surface area contributed by atoms with Gasteiger partial charge >= 0.3 is 0 Å². The molecule has 1 aromatic rings. The van der Waals surface area contributed by atoms with Crippen molar-refractivity contribution in [3.63, 3.8) is 0 Å². The third-order valence-corrected chi connectivity index (χ3v) is 10.00. The summed E-state index contributed by atoms with van der Waals surface area (Å²) in [5, 5.41) is 0.246. The van der Waals surface area contributed by atoms with Gasteiger partial charge in [-0.2, -0.15) is 0 Å². The van der Waals surface area contributed by atoms with E-state index in [1.165, 1.54) is 19.3 Å². The normalized spacial score (nSPS) is 26.1. The molecule has 2 atom stereocenters. The van der Waals surface area contributed by atoms with Crippen molar-refractivity contribution in [2.24, 2.45) is 23.7 Å². The SMILES string of the molecule is CC(C)S(=O)(=O)N1CCC(COCC[C@@H]2C[C@@H]2C2CCN(c3ncc(Cl)cn3)CC2)CC1. The summed E-state index contributed by atoms with van der Waals surface area (Å²) in [6.07, 6.45) is 10.1. The summed E-state index contributed by atoms with van der Waals surface area (Å²) in [5.74, 6) is 3.77. The van der Waals surface area contributed by atoms with Crippen LogP contribution in [-0.2, 0) is 14.8 Å². The van der Waals surface area contributed by atoms with Crippen LogP contribution in [0.2, 0.25) is 5.02 Å². The van der Waals surface area contributed by atoms with Crippen LogP contribution in [0, 0.1) is 23.7 Å². The molecule has 180 valence electrons. The molecule has 2 aliphatic heterocycles. The van der Waals surface area contributed by atoms with E-state index in [1.54, 1.807) is 30.5 Å². The Kier molecular flexibility index (Phi) is 7.96. The van der Waals surface area contributed by atoms with E-state index >= 15 is 0 Å². The summed E-state index contributed by atoms with van der Waals surface area (Å²) in [7, 11) is -3.11. The lowest BCUT2D eigenvalue weighted by atomic mass is 9.90. The van der Waals surface area contributed by atoms with Crippen LogP contribution in [0.15, 0.2) is 12.4 Å². The summed E-state index contributed by atoms with van der Waals surface area (Å²) < 4.78 is 32.2. The van der Waals surface area contributed by atoms with E-state index in [1.807, 2.05) is 0 Å². The van der Waals surface area contributed by atoms with Crippen molar-refractivity contribution < 1.29 is 13.2 Å². The van der Waals surface area contributed by atoms with Crippen molar-refractivity contribution >= 4 is 27.6 Å². The zero-order chi connectivity index (χ0) is 22.7. The number of hydrogen-bond acceptors (Lipinski definition) is 6. The van der Waals surface area contributed by atoms with Crippen molar-refractivity contribution in [1.82, 2.24) is 14.3 Å². The van der Waals surface area contributed by atoms with Gasteiger partial charge in [0.2, 0.25) is 16.0 Å². The number of rotatable bonds is 9. The second kappa shape index (κ2) is 10.5. The van der Waals surface area contributed by atoms with Gasteiger partial charge in [-0.25, -0.2) is 22.7 Å². The molecule has 1 aromatic heterocycles. The molecule has 4 rings (SSSR count). The first kappa shape index (κ1) is 24.2. The van der Waals surface area contributed by atoms with Crippen molar-refractivity contribution in [3.05, 3.63) is 17.4 Å². The van der Waals surface area contributed by atoms with Crippen molar-refractivity contribution in [1.29, 1.82) is 0 Å². The Morgan fingerprint density at radius 1 is 1.09 bits per heavy atom. The fourth-order valence-electron chi connectivity index (χ4n) is 5.29. The molecule has 1 saturated carbocycles. The van der Waals surface area contributed by atoms with Crippen LogP contribution in [0.1, 0.15) is 52.4 Å². The lowest BCUT2D eigenvalue weighted by Crippen LogP contribution is -2.42. The molecule has 2 saturated heterocycles. The van der Waals surface area contributed by atoms with Gasteiger partial charge in [-0.1, -0.05) is 11.6 Å². The average Bonchev–Trinajstić information content (AvgIpc) is 3.57. The number of ether oxygens (including phenoxy) is 1. The number of halogens is 1. The van der Waals surface area contributed by atoms with E-state index in [-0.39, 0.29) is 5.25 Å². The maximum atomic E-state index is 12.3. The third-order valence-electron chi connectivity index (χ3n) is 7.53. The molecular weight excluding hydrogens is 448 g/mol. The van der Waals surface area contributed by atoms with Crippen LogP contribution >= 0.6 is 11.6 Å². The Labute approximate surface area is 197 Å². The molecule has 32 heavy (non-hydrogen) atoms. The van der Waals surface area contributed by atoms with Gasteiger partial charge in [-0.15, -0.1) is 0 Å². The molecule has 0 spiro atoms. The molecule has 7 nitrogen and oxygen atoms in total. The number of hydrogen-bond donors (Lipinski definition) is 0. The zero-order valence-electron chi connectivity index (χ0n) is 19.3. The van der Waals surface area contributed by atoms with Crippen molar-refractivity contribution in [2.75, 3.05) is 44.3 Å². The standard InChI is InChI=1S/C23H37ClN4O3S/c1-17(2)32(29,30)28-10-3-18(4-11-28)16-31-12-7-20-13-22(20)19-5-8-27(9-6-19)23-25-14-21(24)15-26-23/h14-15,17-20,22H,3-13,16H2,1-2H3/t20-,22-/m1/s1. The van der Waals surface area contributed by atoms with Crippen LogP contribution in [0.5, 0.6) is 0 Å². The van der Waals surface area contributed by atoms with Gasteiger partial charge in [0.05, 0.1) is 22.7 Å². The number of piperidine rings is 2. The van der Waals surface area contributed by atoms with E-state index in [9.17, 15) is 8.42 Å². The van der Waals surface area contributed by atoms with Crippen molar-refractivity contribution in [3.8, 4) is 0 Å². The molecule has 0 radical (unpaired) electrons. The summed E-state index contributed by atoms with van der Waals surface area (Å²) in [6, 6.07) is 0. The van der Waals surface area contributed by atoms with Gasteiger partial charge in [0.1, 0.15) is 0 Å². The Balaban J connectivity index is 1.08. The molecule has 9 heteroatoms. The highest BCUT2D eigenvalue weighted by Crippen LogP contribution is 2.49. The predicted octanol–water partition coefficient (Wildman–Crippen LogP) is 3.84. The Hall–Kier alpha value is -0.960. The highest BCUT2D eigenvalue weighted by Gasteiger charge is 2.43. The molecule has 0 bridgehead atoms. The molecule has 0 N–H and O–H groups in total. The van der Waals surface area contributed by atoms with Gasteiger partial charge in [-0.3, -0.25) is 0 Å². The predicted molar refractivity (Wildman–Crippen MR) is 127 cm³/mol. The Morgan fingerprint density at radius 3 is 2.38 bits per heavy atom. The number of sulfonamides is 1. The molecule has 1 aliphatic carbocycles. The zero-order valence-corrected chi connectivity index (χ0v) is 20.9. The topological polar surface area (TPSA) is 75.6 Å². The van der Waals surface area contributed by atoms with E-state index < -0.39 is 10.0 Å². The van der Waals surface area contributed by atoms with Gasteiger partial charge in [0.15, 0.2) is 0 Å². The quantitative estimate of drug-likeness (QED) is 0.496. The number of anilines is 1. The van der Waals surface area contributed by atoms with Crippen LogP contribution < -0.4 is 4.90 Å². The van der Waals surface area contributed by atoms with E-state index in [2.05, 4.69) is 14.9 Å². The molecule has 0 aromatic carbocycles. The average molecular weight is 485 g/mol. The van der Waals surface area contributed by atoms with E-state index in [4.69, 9.17) is 16.3 Å². The smallest absolute Gasteiger partial charge is 0.225 e. The highest BCUT2D eigenvalue weighted by molar-refractivity contribution is 7.89. The second-order valence-corrected chi connectivity index (χ2v) is 12.9. The summed E-state index contributed by atoms with van der Waals surface area (Å²) in [4.78, 5) is 11.0. The lowest BCUT2D eigenvalue weighted by Gasteiger charge is -2.32. The molecule has 3 heterocycles. The minimum Gasteiger partial charge on any atom is -0.381 e. The number of aromatic nitrogens is 2. The first-order valence-corrected chi connectivity index (χ1v) is 14.0. The lowest BCUT2D eigenvalue weighted by molar-refractivity contribution is 0.0744. The summed E-state index contributed by atoms with van der Waals surface area (Å²) in [5.41, 5.74) is 0. The molecule has 0 amide bonds.